The number of hydrogen-bond donors (Lipinski definition) is 0. The molecule has 32 heavy (non-hydrogen) atoms. The van der Waals surface area contributed by atoms with Crippen molar-refractivity contribution in [2.45, 2.75) is 20.3 Å². The van der Waals surface area contributed by atoms with Crippen LogP contribution in [0.15, 0.2) is 60.8 Å². The highest BCUT2D eigenvalue weighted by Gasteiger charge is 2.33. The van der Waals surface area contributed by atoms with Gasteiger partial charge in [-0.25, -0.2) is 0 Å². The molecule has 6 heteroatoms. The van der Waals surface area contributed by atoms with Gasteiger partial charge in [-0.3, -0.25) is 14.3 Å². The predicted molar refractivity (Wildman–Crippen MR) is 125 cm³/mol. The van der Waals surface area contributed by atoms with E-state index in [9.17, 15) is 9.59 Å². The van der Waals surface area contributed by atoms with Crippen LogP contribution in [0.2, 0.25) is 0 Å². The van der Waals surface area contributed by atoms with Gasteiger partial charge in [-0.15, -0.1) is 0 Å². The molecule has 166 valence electrons. The molecule has 2 heterocycles. The molecule has 1 aliphatic heterocycles. The zero-order valence-electron chi connectivity index (χ0n) is 19.0. The summed E-state index contributed by atoms with van der Waals surface area (Å²) < 4.78 is 1.63. The van der Waals surface area contributed by atoms with Gasteiger partial charge in [0.05, 0.1) is 5.92 Å². The summed E-state index contributed by atoms with van der Waals surface area (Å²) in [7, 11) is 1.80. The fourth-order valence-corrected chi connectivity index (χ4v) is 4.37. The van der Waals surface area contributed by atoms with E-state index in [1.807, 2.05) is 24.0 Å². The van der Waals surface area contributed by atoms with Crippen molar-refractivity contribution in [3.05, 3.63) is 77.6 Å². The highest BCUT2D eigenvalue weighted by atomic mass is 16.2. The number of aromatic nitrogens is 2. The van der Waals surface area contributed by atoms with Crippen LogP contribution in [-0.4, -0.2) is 57.6 Å². The number of hydrogen-bond acceptors (Lipinski definition) is 3. The summed E-state index contributed by atoms with van der Waals surface area (Å²) >= 11 is 0. The molecule has 1 aromatic heterocycles. The summed E-state index contributed by atoms with van der Waals surface area (Å²) in [6, 6.07) is 18.4. The molecule has 0 bridgehead atoms. The molecule has 6 nitrogen and oxygen atoms in total. The minimum Gasteiger partial charge on any atom is -0.341 e. The second-order valence-corrected chi connectivity index (χ2v) is 8.47. The fraction of sp³-hybridized carbons (Fsp3) is 0.346. The van der Waals surface area contributed by atoms with Crippen molar-refractivity contribution >= 4 is 11.8 Å². The third kappa shape index (κ3) is 4.59. The van der Waals surface area contributed by atoms with Crippen LogP contribution in [-0.2, 0) is 18.3 Å². The van der Waals surface area contributed by atoms with Gasteiger partial charge in [0.2, 0.25) is 5.91 Å². The van der Waals surface area contributed by atoms with Crippen LogP contribution < -0.4 is 0 Å². The van der Waals surface area contributed by atoms with E-state index >= 15 is 0 Å². The molecular weight excluding hydrogens is 400 g/mol. The Morgan fingerprint density at radius 1 is 1.06 bits per heavy atom. The van der Waals surface area contributed by atoms with Gasteiger partial charge in [-0.05, 0) is 43.0 Å². The molecule has 1 atom stereocenters. The van der Waals surface area contributed by atoms with Crippen LogP contribution in [0, 0.1) is 12.8 Å². The highest BCUT2D eigenvalue weighted by Crippen LogP contribution is 2.28. The molecule has 4 rings (SSSR count). The number of rotatable bonds is 5. The maximum Gasteiger partial charge on any atom is 0.274 e. The van der Waals surface area contributed by atoms with Crippen LogP contribution >= 0.6 is 0 Å². The van der Waals surface area contributed by atoms with Gasteiger partial charge in [0.1, 0.15) is 5.69 Å². The van der Waals surface area contributed by atoms with Crippen LogP contribution in [0.4, 0.5) is 0 Å². The first-order chi connectivity index (χ1) is 15.5. The molecule has 0 saturated carbocycles. The van der Waals surface area contributed by atoms with Crippen LogP contribution in [0.25, 0.3) is 11.1 Å². The van der Waals surface area contributed by atoms with E-state index in [-0.39, 0.29) is 17.7 Å². The molecule has 0 spiro atoms. The maximum absolute atomic E-state index is 13.4. The second kappa shape index (κ2) is 9.39. The van der Waals surface area contributed by atoms with Gasteiger partial charge in [-0.2, -0.15) is 5.10 Å². The Labute approximate surface area is 189 Å². The number of carbonyl (C=O) groups excluding carboxylic acids is 2. The lowest BCUT2D eigenvalue weighted by atomic mass is 9.91. The van der Waals surface area contributed by atoms with Gasteiger partial charge in [-0.1, -0.05) is 54.1 Å². The summed E-state index contributed by atoms with van der Waals surface area (Å²) in [5.41, 5.74) is 5.03. The van der Waals surface area contributed by atoms with E-state index in [2.05, 4.69) is 48.4 Å². The molecule has 1 saturated heterocycles. The van der Waals surface area contributed by atoms with E-state index in [0.717, 1.165) is 16.7 Å². The molecule has 1 aliphatic rings. The minimum atomic E-state index is -0.295. The normalized spacial score (nSPS) is 16.8. The smallest absolute Gasteiger partial charge is 0.274 e. The Hall–Kier alpha value is -3.41. The molecule has 3 aromatic rings. The van der Waals surface area contributed by atoms with Crippen molar-refractivity contribution < 1.29 is 9.59 Å². The van der Waals surface area contributed by atoms with E-state index in [4.69, 9.17) is 0 Å². The van der Waals surface area contributed by atoms with Crippen LogP contribution in [0.5, 0.6) is 0 Å². The number of likely N-dealkylation sites (N-methyl/N-ethyl adjacent to an activating group) is 1. The Bertz CT molecular complexity index is 1100. The largest absolute Gasteiger partial charge is 0.341 e. The summed E-state index contributed by atoms with van der Waals surface area (Å²) in [5.74, 6) is -0.299. The van der Waals surface area contributed by atoms with Crippen LogP contribution in [0.1, 0.15) is 28.5 Å². The number of carbonyl (C=O) groups is 2. The third-order valence-electron chi connectivity index (χ3n) is 6.19. The topological polar surface area (TPSA) is 58.4 Å². The van der Waals surface area contributed by atoms with Crippen molar-refractivity contribution in [3.8, 4) is 11.1 Å². The van der Waals surface area contributed by atoms with Gasteiger partial charge in [0.15, 0.2) is 0 Å². The highest BCUT2D eigenvalue weighted by molar-refractivity contribution is 5.93. The first-order valence-electron chi connectivity index (χ1n) is 11.2. The van der Waals surface area contributed by atoms with E-state index in [1.54, 1.807) is 28.9 Å². The lowest BCUT2D eigenvalue weighted by Gasteiger charge is -2.24. The molecule has 0 aliphatic carbocycles. The number of nitrogens with zero attached hydrogens (tertiary/aromatic N) is 4. The lowest BCUT2D eigenvalue weighted by molar-refractivity contribution is -0.134. The van der Waals surface area contributed by atoms with Gasteiger partial charge >= 0.3 is 0 Å². The SMILES string of the molecule is CCN1CCN(C(=O)c2ccn(C)n2)CC(Cc2ccccc2-c2ccc(C)cc2)C1=O. The summed E-state index contributed by atoms with van der Waals surface area (Å²) in [5, 5.41) is 4.27. The Morgan fingerprint density at radius 3 is 2.50 bits per heavy atom. The summed E-state index contributed by atoms with van der Waals surface area (Å²) in [6.45, 7) is 6.17. The average molecular weight is 431 g/mol. The number of benzene rings is 2. The predicted octanol–water partition coefficient (Wildman–Crippen LogP) is 3.56. The quantitative estimate of drug-likeness (QED) is 0.622. The Kier molecular flexibility index (Phi) is 6.40. The Balaban J connectivity index is 1.63. The standard InChI is InChI=1S/C26H30N4O2/c1-4-29-15-16-30(26(32)24-13-14-28(3)27-24)18-22(25(29)31)17-21-7-5-6-8-23(21)20-11-9-19(2)10-12-20/h5-14,22H,4,15-18H2,1-3H3. The second-order valence-electron chi connectivity index (χ2n) is 8.47. The zero-order valence-corrected chi connectivity index (χ0v) is 19.0. The van der Waals surface area contributed by atoms with Crippen LogP contribution in [0.3, 0.4) is 0 Å². The molecule has 0 N–H and O–H groups in total. The third-order valence-corrected chi connectivity index (χ3v) is 6.19. The number of amides is 2. The molecule has 1 unspecified atom stereocenters. The molecule has 2 amide bonds. The van der Waals surface area contributed by atoms with E-state index in [0.29, 0.717) is 38.3 Å². The maximum atomic E-state index is 13.4. The fourth-order valence-electron chi connectivity index (χ4n) is 4.37. The zero-order chi connectivity index (χ0) is 22.7. The van der Waals surface area contributed by atoms with Crippen molar-refractivity contribution in [2.24, 2.45) is 13.0 Å². The summed E-state index contributed by atoms with van der Waals surface area (Å²) in [6.07, 6.45) is 2.36. The molecule has 0 radical (unpaired) electrons. The Morgan fingerprint density at radius 2 is 1.81 bits per heavy atom. The van der Waals surface area contributed by atoms with Gasteiger partial charge < -0.3 is 9.80 Å². The van der Waals surface area contributed by atoms with Crippen molar-refractivity contribution in [3.63, 3.8) is 0 Å². The molecule has 1 fully saturated rings. The van der Waals surface area contributed by atoms with Gasteiger partial charge in [0, 0.05) is 39.4 Å². The first kappa shape index (κ1) is 21.8. The van der Waals surface area contributed by atoms with Crippen molar-refractivity contribution in [1.82, 2.24) is 19.6 Å². The lowest BCUT2D eigenvalue weighted by Crippen LogP contribution is -2.38. The summed E-state index contributed by atoms with van der Waals surface area (Å²) in [4.78, 5) is 30.1. The minimum absolute atomic E-state index is 0.113. The molecular formula is C26H30N4O2. The van der Waals surface area contributed by atoms with E-state index < -0.39 is 0 Å². The molecule has 2 aromatic carbocycles. The monoisotopic (exact) mass is 430 g/mol. The van der Waals surface area contributed by atoms with Gasteiger partial charge in [0.25, 0.3) is 5.91 Å². The average Bonchev–Trinajstić information content (AvgIpc) is 3.17. The van der Waals surface area contributed by atoms with Crippen molar-refractivity contribution in [2.75, 3.05) is 26.2 Å². The van der Waals surface area contributed by atoms with Crippen molar-refractivity contribution in [1.29, 1.82) is 0 Å². The van der Waals surface area contributed by atoms with E-state index in [1.165, 1.54) is 5.56 Å². The number of aryl methyl sites for hydroxylation is 2. The first-order valence-corrected chi connectivity index (χ1v) is 11.2.